The number of fused-ring (bicyclic) bond motifs is 1. The number of ether oxygens (including phenoxy) is 1. The Morgan fingerprint density at radius 2 is 2.08 bits per heavy atom. The van der Waals surface area contributed by atoms with Crippen molar-refractivity contribution in [3.8, 4) is 0 Å². The fourth-order valence-corrected chi connectivity index (χ4v) is 3.44. The van der Waals surface area contributed by atoms with E-state index in [1.807, 2.05) is 0 Å². The molecule has 0 spiro atoms. The minimum atomic E-state index is -4.96. The summed E-state index contributed by atoms with van der Waals surface area (Å²) in [7, 11) is -3.44. The van der Waals surface area contributed by atoms with Crippen LogP contribution in [0.25, 0.3) is 11.2 Å². The first-order valence-corrected chi connectivity index (χ1v) is 8.56. The van der Waals surface area contributed by atoms with Gasteiger partial charge >= 0.3 is 13.5 Å². The van der Waals surface area contributed by atoms with E-state index in [4.69, 9.17) is 14.5 Å². The number of hydrogen-bond donors (Lipinski definition) is 6. The molecule has 1 aliphatic rings. The zero-order valence-electron chi connectivity index (χ0n) is 12.8. The second kappa shape index (κ2) is 6.14. The molecule has 14 heteroatoms. The number of hydrogen-bond acceptors (Lipinski definition) is 7. The van der Waals surface area contributed by atoms with Crippen LogP contribution in [0.5, 0.6) is 0 Å². The standard InChI is InChI=1S/C11H15N4O9P/c1-14-3-15(8-5(14)9(18)13-11(19)12-8)10-6(17)7(4(2-16)23-10)24-25(20,21)22/h3-4,6-7,10,16-17H,2H2,1H3,(H3-,12,13,18,19,20,21,22)/p+1/t4-,6-,7-,10-/m1/s1. The van der Waals surface area contributed by atoms with Gasteiger partial charge in [0.2, 0.25) is 11.7 Å². The lowest BCUT2D eigenvalue weighted by molar-refractivity contribution is -0.746. The van der Waals surface area contributed by atoms with E-state index in [0.29, 0.717) is 0 Å². The first kappa shape index (κ1) is 17.9. The number of phosphoric ester groups is 1. The summed E-state index contributed by atoms with van der Waals surface area (Å²) in [5.41, 5.74) is -1.36. The van der Waals surface area contributed by atoms with Crippen LogP contribution in [0.15, 0.2) is 15.9 Å². The Labute approximate surface area is 138 Å². The van der Waals surface area contributed by atoms with Crippen LogP contribution in [-0.4, -0.2) is 59.5 Å². The van der Waals surface area contributed by atoms with Gasteiger partial charge in [0.25, 0.3) is 11.2 Å². The van der Waals surface area contributed by atoms with Gasteiger partial charge in [-0.3, -0.25) is 18.9 Å². The molecular weight excluding hydrogens is 363 g/mol. The van der Waals surface area contributed by atoms with E-state index in [1.165, 1.54) is 22.5 Å². The van der Waals surface area contributed by atoms with Gasteiger partial charge in [-0.15, -0.1) is 0 Å². The van der Waals surface area contributed by atoms with Crippen LogP contribution in [0.1, 0.15) is 6.23 Å². The highest BCUT2D eigenvalue weighted by Gasteiger charge is 2.50. The molecule has 0 saturated carbocycles. The molecule has 13 nitrogen and oxygen atoms in total. The van der Waals surface area contributed by atoms with Crippen molar-refractivity contribution in [1.82, 2.24) is 14.5 Å². The molecule has 6 N–H and O–H groups in total. The molecular formula is C11H16N4O9P+. The van der Waals surface area contributed by atoms with Crippen LogP contribution >= 0.6 is 7.82 Å². The number of aryl methyl sites for hydroxylation is 1. The first-order valence-electron chi connectivity index (χ1n) is 7.03. The van der Waals surface area contributed by atoms with Gasteiger partial charge in [-0.1, -0.05) is 0 Å². The second-order valence-corrected chi connectivity index (χ2v) is 6.73. The molecule has 0 unspecified atom stereocenters. The molecule has 0 radical (unpaired) electrons. The Balaban J connectivity index is 2.08. The van der Waals surface area contributed by atoms with E-state index in [0.717, 1.165) is 0 Å². The van der Waals surface area contributed by atoms with E-state index in [1.54, 1.807) is 0 Å². The summed E-state index contributed by atoms with van der Waals surface area (Å²) in [5.74, 6) is 0. The number of H-pyrrole nitrogens is 2. The van der Waals surface area contributed by atoms with Crippen molar-refractivity contribution in [3.63, 3.8) is 0 Å². The van der Waals surface area contributed by atoms with Crippen molar-refractivity contribution in [2.24, 2.45) is 7.05 Å². The molecule has 3 heterocycles. The van der Waals surface area contributed by atoms with E-state index in [2.05, 4.69) is 14.5 Å². The number of rotatable bonds is 4. The van der Waals surface area contributed by atoms with Crippen molar-refractivity contribution in [2.45, 2.75) is 24.5 Å². The van der Waals surface area contributed by atoms with Crippen molar-refractivity contribution in [1.29, 1.82) is 0 Å². The van der Waals surface area contributed by atoms with Gasteiger partial charge in [0, 0.05) is 0 Å². The molecule has 0 aromatic carbocycles. The maximum atomic E-state index is 11.9. The number of aromatic amines is 2. The predicted molar refractivity (Wildman–Crippen MR) is 78.3 cm³/mol. The summed E-state index contributed by atoms with van der Waals surface area (Å²) >= 11 is 0. The topological polar surface area (TPSA) is 191 Å². The molecule has 4 atom stereocenters. The van der Waals surface area contributed by atoms with Gasteiger partial charge in [-0.25, -0.2) is 18.9 Å². The van der Waals surface area contributed by atoms with Gasteiger partial charge in [0.1, 0.15) is 18.3 Å². The Bertz CT molecular complexity index is 959. The normalized spacial score (nSPS) is 27.2. The summed E-state index contributed by atoms with van der Waals surface area (Å²) in [6.45, 7) is -0.680. The summed E-state index contributed by atoms with van der Waals surface area (Å²) in [6, 6.07) is 0. The van der Waals surface area contributed by atoms with Gasteiger partial charge in [0.05, 0.1) is 13.7 Å². The fraction of sp³-hybridized carbons (Fsp3) is 0.545. The fourth-order valence-electron chi connectivity index (χ4n) is 2.86. The molecule has 3 rings (SSSR count). The SMILES string of the molecule is Cn1c[n+]([C@@H]2O[C@H](CO)[C@@H](OP(=O)(O)O)[C@H]2O)c2[nH]c(=O)[nH]c(=O)c21. The highest BCUT2D eigenvalue weighted by molar-refractivity contribution is 7.46. The monoisotopic (exact) mass is 379 g/mol. The number of phosphoric acid groups is 1. The van der Waals surface area contributed by atoms with Gasteiger partial charge in [0.15, 0.2) is 6.33 Å². The number of nitrogens with zero attached hydrogens (tertiary/aromatic N) is 2. The minimum absolute atomic E-state index is 0.0221. The first-order chi connectivity index (χ1) is 11.6. The van der Waals surface area contributed by atoms with Crippen LogP contribution in [0.3, 0.4) is 0 Å². The molecule has 138 valence electrons. The van der Waals surface area contributed by atoms with Crippen LogP contribution in [0, 0.1) is 0 Å². The number of aliphatic hydroxyl groups excluding tert-OH is 2. The highest BCUT2D eigenvalue weighted by atomic mass is 31.2. The van der Waals surface area contributed by atoms with Gasteiger partial charge < -0.3 is 24.7 Å². The summed E-state index contributed by atoms with van der Waals surface area (Å²) in [5, 5.41) is 19.7. The third kappa shape index (κ3) is 3.18. The Kier molecular flexibility index (Phi) is 4.41. The van der Waals surface area contributed by atoms with Crippen molar-refractivity contribution >= 4 is 19.0 Å². The molecule has 25 heavy (non-hydrogen) atoms. The average Bonchev–Trinajstić information content (AvgIpc) is 2.96. The molecule has 2 aromatic heterocycles. The molecule has 1 aliphatic heterocycles. The zero-order valence-corrected chi connectivity index (χ0v) is 13.7. The van der Waals surface area contributed by atoms with E-state index in [9.17, 15) is 24.4 Å². The summed E-state index contributed by atoms with van der Waals surface area (Å²) in [4.78, 5) is 45.8. The lowest BCUT2D eigenvalue weighted by Crippen LogP contribution is -2.47. The van der Waals surface area contributed by atoms with Crippen LogP contribution in [0.2, 0.25) is 0 Å². The molecule has 2 aromatic rings. The van der Waals surface area contributed by atoms with Gasteiger partial charge in [-0.2, -0.15) is 0 Å². The Morgan fingerprint density at radius 1 is 1.40 bits per heavy atom. The van der Waals surface area contributed by atoms with Gasteiger partial charge in [-0.05, 0) is 0 Å². The van der Waals surface area contributed by atoms with Crippen LogP contribution in [-0.2, 0) is 20.9 Å². The Hall–Kier alpha value is -1.86. The highest BCUT2D eigenvalue weighted by Crippen LogP contribution is 2.42. The van der Waals surface area contributed by atoms with Crippen molar-refractivity contribution in [2.75, 3.05) is 6.61 Å². The molecule has 1 saturated heterocycles. The zero-order chi connectivity index (χ0) is 18.5. The third-order valence-electron chi connectivity index (χ3n) is 3.83. The summed E-state index contributed by atoms with van der Waals surface area (Å²) in [6.07, 6.45) is -4.27. The number of aromatic nitrogens is 4. The average molecular weight is 379 g/mol. The number of nitrogens with one attached hydrogen (secondary N) is 2. The molecule has 0 aliphatic carbocycles. The lowest BCUT2D eigenvalue weighted by Gasteiger charge is -2.19. The van der Waals surface area contributed by atoms with E-state index in [-0.39, 0.29) is 11.2 Å². The van der Waals surface area contributed by atoms with Crippen LogP contribution < -0.4 is 15.8 Å². The third-order valence-corrected chi connectivity index (χ3v) is 4.35. The van der Waals surface area contributed by atoms with Crippen molar-refractivity contribution in [3.05, 3.63) is 27.2 Å². The largest absolute Gasteiger partial charge is 0.470 e. The smallest absolute Gasteiger partial charge is 0.394 e. The maximum absolute atomic E-state index is 11.9. The second-order valence-electron chi connectivity index (χ2n) is 5.54. The molecule has 0 amide bonds. The van der Waals surface area contributed by atoms with E-state index < -0.39 is 50.2 Å². The summed E-state index contributed by atoms with van der Waals surface area (Å²) < 4.78 is 23.6. The Morgan fingerprint density at radius 3 is 2.68 bits per heavy atom. The maximum Gasteiger partial charge on any atom is 0.470 e. The minimum Gasteiger partial charge on any atom is -0.394 e. The van der Waals surface area contributed by atoms with Crippen LogP contribution in [0.4, 0.5) is 0 Å². The number of imidazole rings is 1. The molecule has 1 fully saturated rings. The lowest BCUT2D eigenvalue weighted by atomic mass is 10.1. The quantitative estimate of drug-likeness (QED) is 0.232. The van der Waals surface area contributed by atoms with E-state index >= 15 is 0 Å². The number of aliphatic hydroxyl groups is 2. The van der Waals surface area contributed by atoms with Crippen molar-refractivity contribution < 1.29 is 38.4 Å². The molecule has 0 bridgehead atoms. The predicted octanol–water partition coefficient (Wildman–Crippen LogP) is -3.43.